The van der Waals surface area contributed by atoms with E-state index in [4.69, 9.17) is 5.73 Å². The van der Waals surface area contributed by atoms with Gasteiger partial charge in [-0.3, -0.25) is 0 Å². The second kappa shape index (κ2) is 12.4. The van der Waals surface area contributed by atoms with Gasteiger partial charge in [-0.05, 0) is 42.9 Å². The Hall–Kier alpha value is -1.07. The maximum absolute atomic E-state index is 13.4. The van der Waals surface area contributed by atoms with Gasteiger partial charge in [0.2, 0.25) is 10.0 Å². The summed E-state index contributed by atoms with van der Waals surface area (Å²) in [6, 6.07) is 6.71. The van der Waals surface area contributed by atoms with Crippen LogP contribution in [0.1, 0.15) is 79.1 Å². The standard InChI is InChI=1S/C22H40N2O2S/c1-5-9-12-19(7-3)17-24(18-20(8-4)13-10-6-2)27(25,26)22-15-11-14-21(23)16-22/h11,14-16,19-20H,5-10,12-13,17-18,23H2,1-4H3. The lowest BCUT2D eigenvalue weighted by Gasteiger charge is -2.30. The van der Waals surface area contributed by atoms with E-state index in [-0.39, 0.29) is 0 Å². The van der Waals surface area contributed by atoms with Gasteiger partial charge < -0.3 is 5.73 Å². The van der Waals surface area contributed by atoms with Crippen LogP contribution in [0.15, 0.2) is 29.2 Å². The molecule has 0 saturated heterocycles. The molecule has 1 rings (SSSR count). The highest BCUT2D eigenvalue weighted by Gasteiger charge is 2.28. The fourth-order valence-corrected chi connectivity index (χ4v) is 5.15. The Morgan fingerprint density at radius 2 is 1.44 bits per heavy atom. The first-order valence-corrected chi connectivity index (χ1v) is 12.2. The van der Waals surface area contributed by atoms with Gasteiger partial charge >= 0.3 is 0 Å². The largest absolute Gasteiger partial charge is 0.399 e. The lowest BCUT2D eigenvalue weighted by atomic mass is 9.97. The minimum Gasteiger partial charge on any atom is -0.399 e. The summed E-state index contributed by atoms with van der Waals surface area (Å²) < 4.78 is 28.6. The summed E-state index contributed by atoms with van der Waals surface area (Å²) in [6.45, 7) is 9.92. The zero-order valence-electron chi connectivity index (χ0n) is 17.8. The summed E-state index contributed by atoms with van der Waals surface area (Å²) in [7, 11) is -3.53. The van der Waals surface area contributed by atoms with Crippen molar-refractivity contribution in [2.45, 2.75) is 84.0 Å². The number of rotatable bonds is 14. The van der Waals surface area contributed by atoms with Crippen molar-refractivity contribution in [1.82, 2.24) is 4.31 Å². The van der Waals surface area contributed by atoms with Gasteiger partial charge in [-0.1, -0.05) is 72.3 Å². The smallest absolute Gasteiger partial charge is 0.243 e. The SMILES string of the molecule is CCCCC(CC)CN(CC(CC)CCCC)S(=O)(=O)c1cccc(N)c1. The fourth-order valence-electron chi connectivity index (χ4n) is 3.51. The number of nitrogen functional groups attached to an aromatic ring is 1. The van der Waals surface area contributed by atoms with Crippen LogP contribution in [-0.2, 0) is 10.0 Å². The third kappa shape index (κ3) is 7.82. The van der Waals surface area contributed by atoms with E-state index in [0.29, 0.717) is 35.5 Å². The van der Waals surface area contributed by atoms with Gasteiger partial charge in [0.15, 0.2) is 0 Å². The second-order valence-corrected chi connectivity index (χ2v) is 9.67. The Bertz CT molecular complexity index is 613. The van der Waals surface area contributed by atoms with E-state index < -0.39 is 10.0 Å². The highest BCUT2D eigenvalue weighted by atomic mass is 32.2. The van der Waals surface area contributed by atoms with Crippen LogP contribution in [0.2, 0.25) is 0 Å². The molecule has 27 heavy (non-hydrogen) atoms. The first-order chi connectivity index (χ1) is 12.9. The zero-order chi connectivity index (χ0) is 20.3. The van der Waals surface area contributed by atoms with Gasteiger partial charge in [0.1, 0.15) is 0 Å². The predicted molar refractivity (Wildman–Crippen MR) is 116 cm³/mol. The quantitative estimate of drug-likeness (QED) is 0.411. The topological polar surface area (TPSA) is 63.4 Å². The van der Waals surface area contributed by atoms with Crippen LogP contribution in [0.3, 0.4) is 0 Å². The van der Waals surface area contributed by atoms with Crippen molar-refractivity contribution >= 4 is 15.7 Å². The number of sulfonamides is 1. The zero-order valence-corrected chi connectivity index (χ0v) is 18.6. The molecule has 2 atom stereocenters. The van der Waals surface area contributed by atoms with Gasteiger partial charge in [-0.15, -0.1) is 0 Å². The van der Waals surface area contributed by atoms with Crippen molar-refractivity contribution in [3.8, 4) is 0 Å². The molecular formula is C22H40N2O2S. The van der Waals surface area contributed by atoms with Gasteiger partial charge in [0, 0.05) is 18.8 Å². The van der Waals surface area contributed by atoms with Crippen molar-refractivity contribution in [3.05, 3.63) is 24.3 Å². The molecule has 0 spiro atoms. The first-order valence-electron chi connectivity index (χ1n) is 10.7. The number of nitrogens with two attached hydrogens (primary N) is 1. The van der Waals surface area contributed by atoms with E-state index in [1.165, 1.54) is 0 Å². The van der Waals surface area contributed by atoms with Crippen LogP contribution in [-0.4, -0.2) is 25.8 Å². The summed E-state index contributed by atoms with van der Waals surface area (Å²) in [5.74, 6) is 0.814. The molecule has 2 unspecified atom stereocenters. The molecule has 4 nitrogen and oxygen atoms in total. The molecule has 5 heteroatoms. The summed E-state index contributed by atoms with van der Waals surface area (Å²) >= 11 is 0. The molecule has 2 N–H and O–H groups in total. The Balaban J connectivity index is 3.10. The van der Waals surface area contributed by atoms with E-state index in [1.807, 2.05) is 0 Å². The summed E-state index contributed by atoms with van der Waals surface area (Å²) in [6.07, 6.45) is 8.78. The first kappa shape index (κ1) is 24.0. The molecule has 0 aliphatic carbocycles. The second-order valence-electron chi connectivity index (χ2n) is 7.73. The average Bonchev–Trinajstić information content (AvgIpc) is 2.66. The number of nitrogens with zero attached hydrogens (tertiary/aromatic N) is 1. The number of anilines is 1. The third-order valence-corrected chi connectivity index (χ3v) is 7.33. The van der Waals surface area contributed by atoms with E-state index in [1.54, 1.807) is 28.6 Å². The van der Waals surface area contributed by atoms with Gasteiger partial charge in [0.25, 0.3) is 0 Å². The Labute approximate surface area is 167 Å². The van der Waals surface area contributed by atoms with Gasteiger partial charge in [-0.2, -0.15) is 4.31 Å². The van der Waals surface area contributed by atoms with Crippen molar-refractivity contribution in [1.29, 1.82) is 0 Å². The Morgan fingerprint density at radius 1 is 0.926 bits per heavy atom. The van der Waals surface area contributed by atoms with E-state index in [2.05, 4.69) is 27.7 Å². The molecule has 0 fully saturated rings. The molecular weight excluding hydrogens is 356 g/mol. The van der Waals surface area contributed by atoms with Crippen LogP contribution in [0, 0.1) is 11.8 Å². The maximum atomic E-state index is 13.4. The molecule has 156 valence electrons. The average molecular weight is 397 g/mol. The number of hydrogen-bond acceptors (Lipinski definition) is 3. The van der Waals surface area contributed by atoms with Crippen LogP contribution in [0.25, 0.3) is 0 Å². The van der Waals surface area contributed by atoms with Gasteiger partial charge in [0.05, 0.1) is 4.90 Å². The molecule has 0 bridgehead atoms. The highest BCUT2D eigenvalue weighted by Crippen LogP contribution is 2.25. The summed E-state index contributed by atoms with van der Waals surface area (Å²) in [4.78, 5) is 0.318. The third-order valence-electron chi connectivity index (χ3n) is 5.51. The Kier molecular flexibility index (Phi) is 11.0. The summed E-state index contributed by atoms with van der Waals surface area (Å²) in [5, 5.41) is 0. The molecule has 0 aromatic heterocycles. The lowest BCUT2D eigenvalue weighted by molar-refractivity contribution is 0.270. The number of benzene rings is 1. The molecule has 0 amide bonds. The van der Waals surface area contributed by atoms with Crippen LogP contribution in [0.5, 0.6) is 0 Å². The highest BCUT2D eigenvalue weighted by molar-refractivity contribution is 7.89. The maximum Gasteiger partial charge on any atom is 0.243 e. The molecule has 0 saturated carbocycles. The molecule has 1 aromatic rings. The van der Waals surface area contributed by atoms with Crippen molar-refractivity contribution in [2.75, 3.05) is 18.8 Å². The van der Waals surface area contributed by atoms with Gasteiger partial charge in [-0.25, -0.2) is 8.42 Å². The molecule has 0 aliphatic rings. The monoisotopic (exact) mass is 396 g/mol. The van der Waals surface area contributed by atoms with Crippen molar-refractivity contribution in [2.24, 2.45) is 11.8 Å². The lowest BCUT2D eigenvalue weighted by Crippen LogP contribution is -2.39. The normalized spacial score (nSPS) is 14.4. The number of unbranched alkanes of at least 4 members (excludes halogenated alkanes) is 2. The van der Waals surface area contributed by atoms with Crippen molar-refractivity contribution < 1.29 is 8.42 Å². The van der Waals surface area contributed by atoms with E-state index in [0.717, 1.165) is 51.4 Å². The van der Waals surface area contributed by atoms with E-state index >= 15 is 0 Å². The predicted octanol–water partition coefficient (Wildman–Crippen LogP) is 5.69. The molecule has 0 heterocycles. The van der Waals surface area contributed by atoms with Crippen LogP contribution in [0.4, 0.5) is 5.69 Å². The fraction of sp³-hybridized carbons (Fsp3) is 0.727. The number of hydrogen-bond donors (Lipinski definition) is 1. The minimum absolute atomic E-state index is 0.318. The van der Waals surface area contributed by atoms with Crippen LogP contribution < -0.4 is 5.73 Å². The van der Waals surface area contributed by atoms with E-state index in [9.17, 15) is 8.42 Å². The summed E-state index contributed by atoms with van der Waals surface area (Å²) in [5.41, 5.74) is 6.35. The molecule has 1 aromatic carbocycles. The molecule has 0 aliphatic heterocycles. The minimum atomic E-state index is -3.53. The molecule has 0 radical (unpaired) electrons. The van der Waals surface area contributed by atoms with Crippen LogP contribution >= 0.6 is 0 Å². The Morgan fingerprint density at radius 3 is 1.85 bits per heavy atom. The van der Waals surface area contributed by atoms with Crippen molar-refractivity contribution in [3.63, 3.8) is 0 Å².